The third-order valence-corrected chi connectivity index (χ3v) is 4.21. The van der Waals surface area contributed by atoms with Gasteiger partial charge in [-0.2, -0.15) is 0 Å². The third-order valence-electron chi connectivity index (χ3n) is 2.92. The van der Waals surface area contributed by atoms with E-state index in [1.54, 1.807) is 10.9 Å². The first-order valence-electron chi connectivity index (χ1n) is 5.97. The highest BCUT2D eigenvalue weighted by Gasteiger charge is 2.20. The van der Waals surface area contributed by atoms with E-state index in [1.165, 1.54) is 11.3 Å². The molecule has 0 aliphatic rings. The van der Waals surface area contributed by atoms with Gasteiger partial charge in [-0.1, -0.05) is 35.0 Å². The zero-order chi connectivity index (χ0) is 13.9. The molecule has 3 aromatic rings. The number of hydrogen-bond acceptors (Lipinski definition) is 5. The molecule has 1 aromatic carbocycles. The first-order chi connectivity index (χ1) is 9.79. The van der Waals surface area contributed by atoms with Crippen LogP contribution in [0.1, 0.15) is 16.6 Å². The van der Waals surface area contributed by atoms with Crippen molar-refractivity contribution in [2.24, 2.45) is 5.84 Å². The van der Waals surface area contributed by atoms with Gasteiger partial charge in [-0.25, -0.2) is 10.1 Å². The summed E-state index contributed by atoms with van der Waals surface area (Å²) in [5.41, 5.74) is 4.59. The molecule has 0 saturated heterocycles. The molecule has 0 aliphatic carbocycles. The maximum Gasteiger partial charge on any atom is 0.0991 e. The van der Waals surface area contributed by atoms with Crippen LogP contribution < -0.4 is 11.3 Å². The van der Waals surface area contributed by atoms with Crippen LogP contribution in [0.15, 0.2) is 48.7 Å². The van der Waals surface area contributed by atoms with Gasteiger partial charge >= 0.3 is 0 Å². The van der Waals surface area contributed by atoms with Crippen LogP contribution in [0.25, 0.3) is 5.69 Å². The van der Waals surface area contributed by atoms with Gasteiger partial charge in [0.1, 0.15) is 0 Å². The van der Waals surface area contributed by atoms with E-state index in [9.17, 15) is 0 Å². The first-order valence-corrected chi connectivity index (χ1v) is 7.16. The van der Waals surface area contributed by atoms with Crippen molar-refractivity contribution in [2.75, 3.05) is 0 Å². The lowest BCUT2D eigenvalue weighted by molar-refractivity contribution is 0.603. The van der Waals surface area contributed by atoms with Gasteiger partial charge in [-0.05, 0) is 24.3 Å². The Morgan fingerprint density at radius 1 is 1.20 bits per heavy atom. The molecule has 2 aromatic heterocycles. The van der Waals surface area contributed by atoms with E-state index in [0.717, 1.165) is 20.6 Å². The Morgan fingerprint density at radius 3 is 2.65 bits per heavy atom. The number of nitrogens with one attached hydrogen (secondary N) is 1. The van der Waals surface area contributed by atoms with Gasteiger partial charge in [0, 0.05) is 4.88 Å². The molecule has 20 heavy (non-hydrogen) atoms. The Hall–Kier alpha value is -1.73. The number of para-hydroxylation sites is 1. The Balaban J connectivity index is 2.04. The fourth-order valence-electron chi connectivity index (χ4n) is 2.01. The smallest absolute Gasteiger partial charge is 0.0991 e. The van der Waals surface area contributed by atoms with Crippen molar-refractivity contribution < 1.29 is 0 Å². The number of halogens is 1. The minimum absolute atomic E-state index is 0.206. The summed E-state index contributed by atoms with van der Waals surface area (Å²) >= 11 is 7.47. The number of nitrogens with two attached hydrogens (primary N) is 1. The highest BCUT2D eigenvalue weighted by molar-refractivity contribution is 7.16. The molecule has 0 bridgehead atoms. The van der Waals surface area contributed by atoms with Crippen molar-refractivity contribution in [1.82, 2.24) is 20.4 Å². The monoisotopic (exact) mass is 305 g/mol. The van der Waals surface area contributed by atoms with Gasteiger partial charge in [0.05, 0.1) is 28.0 Å². The molecule has 1 atom stereocenters. The third kappa shape index (κ3) is 2.46. The topological polar surface area (TPSA) is 68.8 Å². The zero-order valence-corrected chi connectivity index (χ0v) is 12.0. The van der Waals surface area contributed by atoms with E-state index in [1.807, 2.05) is 42.5 Å². The summed E-state index contributed by atoms with van der Waals surface area (Å²) < 4.78 is 2.48. The molecule has 0 amide bonds. The molecular weight excluding hydrogens is 294 g/mol. The predicted octanol–water partition coefficient (Wildman–Crippen LogP) is 2.53. The fourth-order valence-corrected chi connectivity index (χ4v) is 3.14. The van der Waals surface area contributed by atoms with Gasteiger partial charge in [0.2, 0.25) is 0 Å². The maximum atomic E-state index is 5.99. The number of hydrogen-bond donors (Lipinski definition) is 2. The standard InChI is InChI=1S/C13H12ClN5S/c14-12-7-6-11(20-12)13(17-15)10-8-16-18-19(10)9-4-2-1-3-5-9/h1-8,13,17H,15H2. The van der Waals surface area contributed by atoms with Crippen molar-refractivity contribution in [1.29, 1.82) is 0 Å². The van der Waals surface area contributed by atoms with Gasteiger partial charge in [-0.15, -0.1) is 16.4 Å². The van der Waals surface area contributed by atoms with Crippen molar-refractivity contribution in [3.05, 3.63) is 63.6 Å². The second kappa shape index (κ2) is 5.72. The second-order valence-corrected chi connectivity index (χ2v) is 5.89. The van der Waals surface area contributed by atoms with Crippen LogP contribution in [-0.4, -0.2) is 15.0 Å². The Bertz CT molecular complexity index is 694. The molecule has 0 fully saturated rings. The Morgan fingerprint density at radius 2 is 2.00 bits per heavy atom. The van der Waals surface area contributed by atoms with Crippen LogP contribution in [-0.2, 0) is 0 Å². The van der Waals surface area contributed by atoms with Crippen LogP contribution in [0.2, 0.25) is 4.34 Å². The summed E-state index contributed by atoms with van der Waals surface area (Å²) in [6.07, 6.45) is 1.70. The van der Waals surface area contributed by atoms with Crippen LogP contribution in [0.3, 0.4) is 0 Å². The zero-order valence-electron chi connectivity index (χ0n) is 10.4. The molecule has 1 unspecified atom stereocenters. The molecular formula is C13H12ClN5S. The van der Waals surface area contributed by atoms with Crippen LogP contribution in [0.4, 0.5) is 0 Å². The first kappa shape index (κ1) is 13.3. The lowest BCUT2D eigenvalue weighted by Gasteiger charge is -2.15. The average Bonchev–Trinajstić information content (AvgIpc) is 3.11. The molecule has 0 aliphatic heterocycles. The summed E-state index contributed by atoms with van der Waals surface area (Å²) in [5, 5.41) is 8.12. The molecule has 2 heterocycles. The van der Waals surface area contributed by atoms with E-state index in [-0.39, 0.29) is 6.04 Å². The van der Waals surface area contributed by atoms with Crippen molar-refractivity contribution >= 4 is 22.9 Å². The predicted molar refractivity (Wildman–Crippen MR) is 79.9 cm³/mol. The number of aromatic nitrogens is 3. The summed E-state index contributed by atoms with van der Waals surface area (Å²) in [7, 11) is 0. The van der Waals surface area contributed by atoms with E-state index < -0.39 is 0 Å². The molecule has 3 N–H and O–H groups in total. The molecule has 5 nitrogen and oxygen atoms in total. The summed E-state index contributed by atoms with van der Waals surface area (Å²) in [6.45, 7) is 0. The van der Waals surface area contributed by atoms with Gasteiger partial charge in [0.15, 0.2) is 0 Å². The summed E-state index contributed by atoms with van der Waals surface area (Å²) in [4.78, 5) is 1.01. The van der Waals surface area contributed by atoms with E-state index in [2.05, 4.69) is 15.7 Å². The van der Waals surface area contributed by atoms with Crippen molar-refractivity contribution in [3.63, 3.8) is 0 Å². The number of thiophene rings is 1. The van der Waals surface area contributed by atoms with Crippen LogP contribution in [0, 0.1) is 0 Å². The van der Waals surface area contributed by atoms with E-state index >= 15 is 0 Å². The minimum Gasteiger partial charge on any atom is -0.270 e. The number of benzene rings is 1. The number of nitrogens with zero attached hydrogens (tertiary/aromatic N) is 3. The van der Waals surface area contributed by atoms with Crippen molar-refractivity contribution in [2.45, 2.75) is 6.04 Å². The lowest BCUT2D eigenvalue weighted by Crippen LogP contribution is -2.29. The lowest BCUT2D eigenvalue weighted by atomic mass is 10.2. The molecule has 0 spiro atoms. The molecule has 102 valence electrons. The number of hydrazine groups is 1. The Kier molecular flexibility index (Phi) is 3.79. The van der Waals surface area contributed by atoms with Crippen LogP contribution in [0.5, 0.6) is 0 Å². The molecule has 0 radical (unpaired) electrons. The molecule has 7 heteroatoms. The van der Waals surface area contributed by atoms with Crippen LogP contribution >= 0.6 is 22.9 Å². The van der Waals surface area contributed by atoms with Gasteiger partial charge < -0.3 is 0 Å². The second-order valence-electron chi connectivity index (χ2n) is 4.15. The van der Waals surface area contributed by atoms with Gasteiger partial charge in [-0.3, -0.25) is 5.84 Å². The van der Waals surface area contributed by atoms with E-state index in [0.29, 0.717) is 0 Å². The summed E-state index contributed by atoms with van der Waals surface area (Å²) in [6, 6.07) is 13.4. The maximum absolute atomic E-state index is 5.99. The Labute approximate surface area is 125 Å². The van der Waals surface area contributed by atoms with E-state index in [4.69, 9.17) is 17.4 Å². The quantitative estimate of drug-likeness (QED) is 0.574. The largest absolute Gasteiger partial charge is 0.270 e. The summed E-state index contributed by atoms with van der Waals surface area (Å²) in [5.74, 6) is 5.70. The van der Waals surface area contributed by atoms with Crippen molar-refractivity contribution in [3.8, 4) is 5.69 Å². The minimum atomic E-state index is -0.206. The highest BCUT2D eigenvalue weighted by Crippen LogP contribution is 2.30. The average molecular weight is 306 g/mol. The SMILES string of the molecule is NNC(c1ccc(Cl)s1)c1cnnn1-c1ccccc1. The van der Waals surface area contributed by atoms with Gasteiger partial charge in [0.25, 0.3) is 0 Å². The number of rotatable bonds is 4. The molecule has 0 saturated carbocycles. The fraction of sp³-hybridized carbons (Fsp3) is 0.0769. The normalized spacial score (nSPS) is 12.5. The highest BCUT2D eigenvalue weighted by atomic mass is 35.5. The molecule has 3 rings (SSSR count).